The van der Waals surface area contributed by atoms with Crippen LogP contribution in [-0.2, 0) is 39.1 Å². The summed E-state index contributed by atoms with van der Waals surface area (Å²) in [7, 11) is -4.20. The molecule has 18 heteroatoms. The molecule has 1 aromatic heterocycles. The number of esters is 1. The SMILES string of the molecule is CCOC(=O)[C@@H]1[C@H](NC(=O)C(=NOC)c2csc(NC(=O)CCl)n2)C(=O)N1S(=O)(=O)[O-].[Na+]. The number of nitrogens with one attached hydrogen (secondary N) is 2. The van der Waals surface area contributed by atoms with Crippen LogP contribution in [0.25, 0.3) is 0 Å². The molecule has 1 fully saturated rings. The van der Waals surface area contributed by atoms with Crippen molar-refractivity contribution in [3.05, 3.63) is 11.1 Å². The summed E-state index contributed by atoms with van der Waals surface area (Å²) in [5, 5.41) is 9.40. The van der Waals surface area contributed by atoms with Crippen molar-refractivity contribution in [2.24, 2.45) is 5.16 Å². The van der Waals surface area contributed by atoms with Crippen LogP contribution in [0.5, 0.6) is 0 Å². The van der Waals surface area contributed by atoms with Crippen LogP contribution in [0.3, 0.4) is 0 Å². The van der Waals surface area contributed by atoms with Crippen LogP contribution >= 0.6 is 22.9 Å². The van der Waals surface area contributed by atoms with E-state index in [2.05, 4.69) is 30.3 Å². The minimum absolute atomic E-state index is 0. The first-order chi connectivity index (χ1) is 14.5. The van der Waals surface area contributed by atoms with Crippen molar-refractivity contribution in [2.75, 3.05) is 24.9 Å². The van der Waals surface area contributed by atoms with Crippen molar-refractivity contribution in [3.63, 3.8) is 0 Å². The number of β-lactam (4-membered cyclic amide) rings is 1. The molecule has 0 aliphatic carbocycles. The van der Waals surface area contributed by atoms with Crippen molar-refractivity contribution in [1.29, 1.82) is 0 Å². The molecule has 0 radical (unpaired) electrons. The Morgan fingerprint density at radius 3 is 2.59 bits per heavy atom. The van der Waals surface area contributed by atoms with Crippen LogP contribution in [0.15, 0.2) is 10.5 Å². The minimum atomic E-state index is -5.32. The Labute approximate surface area is 212 Å². The maximum absolute atomic E-state index is 12.6. The molecule has 14 nitrogen and oxygen atoms in total. The molecule has 32 heavy (non-hydrogen) atoms. The number of carbonyl (C=O) groups excluding carboxylic acids is 4. The Morgan fingerprint density at radius 2 is 2.06 bits per heavy atom. The van der Waals surface area contributed by atoms with Crippen molar-refractivity contribution in [3.8, 4) is 0 Å². The molecule has 1 aromatic rings. The van der Waals surface area contributed by atoms with Crippen molar-refractivity contribution < 1.29 is 71.3 Å². The van der Waals surface area contributed by atoms with Gasteiger partial charge in [0, 0.05) is 5.38 Å². The van der Waals surface area contributed by atoms with Crippen molar-refractivity contribution in [2.45, 2.75) is 19.0 Å². The fraction of sp³-hybridized carbons (Fsp3) is 0.429. The van der Waals surface area contributed by atoms with Crippen LogP contribution in [-0.4, -0.2) is 83.3 Å². The van der Waals surface area contributed by atoms with Gasteiger partial charge in [-0.25, -0.2) is 22.5 Å². The summed E-state index contributed by atoms with van der Waals surface area (Å²) in [4.78, 5) is 56.7. The first kappa shape index (κ1) is 28.2. The zero-order valence-corrected chi connectivity index (χ0v) is 21.2. The fourth-order valence-corrected chi connectivity index (χ4v) is 4.01. The molecule has 3 amide bonds. The summed E-state index contributed by atoms with van der Waals surface area (Å²) < 4.78 is 38.3. The molecule has 170 valence electrons. The first-order valence-corrected chi connectivity index (χ1v) is 11.0. The number of nitrogens with zero attached hydrogens (tertiary/aromatic N) is 3. The number of carbonyl (C=O) groups is 4. The largest absolute Gasteiger partial charge is 1.00 e. The van der Waals surface area contributed by atoms with E-state index in [0.29, 0.717) is 0 Å². The quantitative estimate of drug-likeness (QED) is 0.0609. The second-order valence-electron chi connectivity index (χ2n) is 5.58. The minimum Gasteiger partial charge on any atom is -0.731 e. The molecular formula is C14H15ClN5NaO9S2. The maximum Gasteiger partial charge on any atom is 1.00 e. The smallest absolute Gasteiger partial charge is 0.731 e. The number of rotatable bonds is 9. The Hall–Kier alpha value is -1.82. The van der Waals surface area contributed by atoms with Crippen LogP contribution in [0.4, 0.5) is 5.13 Å². The first-order valence-electron chi connectivity index (χ1n) is 8.24. The Morgan fingerprint density at radius 1 is 1.41 bits per heavy atom. The zero-order valence-electron chi connectivity index (χ0n) is 16.9. The third-order valence-electron chi connectivity index (χ3n) is 3.62. The van der Waals surface area contributed by atoms with E-state index in [1.165, 1.54) is 12.3 Å². The van der Waals surface area contributed by atoms with E-state index >= 15 is 0 Å². The summed E-state index contributed by atoms with van der Waals surface area (Å²) in [5.41, 5.74) is -0.522. The Balaban J connectivity index is 0.00000512. The molecule has 0 unspecified atom stereocenters. The third-order valence-corrected chi connectivity index (χ3v) is 5.51. The van der Waals surface area contributed by atoms with Crippen LogP contribution in [0.2, 0.25) is 0 Å². The van der Waals surface area contributed by atoms with Gasteiger partial charge < -0.3 is 24.8 Å². The second-order valence-corrected chi connectivity index (χ2v) is 7.96. The van der Waals surface area contributed by atoms with Gasteiger partial charge in [0.1, 0.15) is 24.7 Å². The number of hydrogen-bond acceptors (Lipinski definition) is 12. The summed E-state index contributed by atoms with van der Waals surface area (Å²) in [6.07, 6.45) is 0. The average Bonchev–Trinajstić information content (AvgIpc) is 3.14. The van der Waals surface area contributed by atoms with E-state index in [-0.39, 0.29) is 57.2 Å². The molecule has 1 aliphatic rings. The molecule has 0 spiro atoms. The number of amides is 3. The maximum atomic E-state index is 12.6. The Bertz CT molecular complexity index is 1030. The molecule has 2 atom stereocenters. The van der Waals surface area contributed by atoms with Gasteiger partial charge in [-0.1, -0.05) is 5.16 Å². The molecule has 0 aromatic carbocycles. The molecule has 2 rings (SSSR count). The van der Waals surface area contributed by atoms with Gasteiger partial charge in [0.05, 0.1) is 6.61 Å². The zero-order chi connectivity index (χ0) is 23.3. The van der Waals surface area contributed by atoms with Gasteiger partial charge >= 0.3 is 35.5 Å². The van der Waals surface area contributed by atoms with Gasteiger partial charge in [-0.3, -0.25) is 14.4 Å². The van der Waals surface area contributed by atoms with E-state index in [1.54, 1.807) is 0 Å². The summed E-state index contributed by atoms with van der Waals surface area (Å²) in [6.45, 7) is 1.26. The normalized spacial score (nSPS) is 18.2. The predicted octanol–water partition coefficient (Wildman–Crippen LogP) is -4.61. The molecule has 1 aliphatic heterocycles. The predicted molar refractivity (Wildman–Crippen MR) is 104 cm³/mol. The number of halogens is 1. The number of thiazole rings is 1. The van der Waals surface area contributed by atoms with Gasteiger partial charge in [0.15, 0.2) is 27.2 Å². The van der Waals surface area contributed by atoms with E-state index in [4.69, 9.17) is 11.6 Å². The molecular weight excluding hydrogens is 505 g/mol. The molecule has 1 saturated heterocycles. The van der Waals surface area contributed by atoms with Crippen molar-refractivity contribution in [1.82, 2.24) is 14.6 Å². The van der Waals surface area contributed by atoms with E-state index in [0.717, 1.165) is 18.4 Å². The van der Waals surface area contributed by atoms with E-state index in [1.807, 2.05) is 0 Å². The standard InChI is InChI=1S/C14H16ClN5O9S2.Na/c1-3-29-13(24)10-9(12(23)20(10)31(25,26)27)18-11(22)8(19-28-2)6-5-30-14(16-6)17-7(21)4-15;/h5,9-10H,3-4H2,1-2H3,(H,18,22)(H,16,17,21)(H,25,26,27);/q;+1/p-1/t9-,10-;/m0./s1. The number of aromatic nitrogens is 1. The van der Waals surface area contributed by atoms with E-state index < -0.39 is 51.8 Å². The molecule has 0 bridgehead atoms. The molecule has 0 saturated carbocycles. The number of anilines is 1. The number of oxime groups is 1. The average molecular weight is 520 g/mol. The molecule has 2 heterocycles. The van der Waals surface area contributed by atoms with Crippen LogP contribution in [0, 0.1) is 0 Å². The van der Waals surface area contributed by atoms with Gasteiger partial charge in [-0.05, 0) is 6.92 Å². The van der Waals surface area contributed by atoms with Gasteiger partial charge in [-0.2, -0.15) is 0 Å². The Kier molecular flexibility index (Phi) is 10.5. The monoisotopic (exact) mass is 519 g/mol. The number of hydrogen-bond donors (Lipinski definition) is 2. The van der Waals surface area contributed by atoms with Gasteiger partial charge in [0.2, 0.25) is 5.91 Å². The van der Waals surface area contributed by atoms with Crippen LogP contribution in [0.1, 0.15) is 12.6 Å². The van der Waals surface area contributed by atoms with Crippen molar-refractivity contribution >= 4 is 67.8 Å². The van der Waals surface area contributed by atoms with Gasteiger partial charge in [0.25, 0.3) is 11.8 Å². The summed E-state index contributed by atoms with van der Waals surface area (Å²) in [5.74, 6) is -4.47. The summed E-state index contributed by atoms with van der Waals surface area (Å²) >= 11 is 6.32. The number of ether oxygens (including phenoxy) is 1. The molecule has 2 N–H and O–H groups in total. The summed E-state index contributed by atoms with van der Waals surface area (Å²) in [6, 6.07) is -3.58. The third kappa shape index (κ3) is 6.37. The topological polar surface area (TPSA) is 196 Å². The van der Waals surface area contributed by atoms with Crippen LogP contribution < -0.4 is 40.2 Å². The van der Waals surface area contributed by atoms with Gasteiger partial charge in [-0.15, -0.1) is 22.9 Å². The number of alkyl halides is 1. The fourth-order valence-electron chi connectivity index (χ4n) is 2.41. The second kappa shape index (κ2) is 11.9. The van der Waals surface area contributed by atoms with E-state index in [9.17, 15) is 32.1 Å².